The van der Waals surface area contributed by atoms with Gasteiger partial charge in [-0.15, -0.1) is 0 Å². The van der Waals surface area contributed by atoms with Gasteiger partial charge in [0, 0.05) is 17.8 Å². The lowest BCUT2D eigenvalue weighted by atomic mass is 10.1. The fraction of sp³-hybridized carbons (Fsp3) is 0.273. The van der Waals surface area contributed by atoms with Crippen molar-refractivity contribution in [1.82, 2.24) is 0 Å². The van der Waals surface area contributed by atoms with E-state index < -0.39 is 22.8 Å². The fourth-order valence-corrected chi connectivity index (χ4v) is 1.44. The number of rotatable bonds is 5. The number of nitrogens with one attached hydrogen (secondary N) is 1. The lowest BCUT2D eigenvalue weighted by molar-refractivity contribution is -0.384. The van der Waals surface area contributed by atoms with E-state index in [-0.39, 0.29) is 12.1 Å². The zero-order valence-electron chi connectivity index (χ0n) is 10.3. The van der Waals surface area contributed by atoms with Crippen LogP contribution in [0.25, 0.3) is 0 Å². The molecule has 1 aromatic carbocycles. The summed E-state index contributed by atoms with van der Waals surface area (Å²) in [7, 11) is 0. The van der Waals surface area contributed by atoms with E-state index in [0.29, 0.717) is 11.3 Å². The molecule has 0 bridgehead atoms. The van der Waals surface area contributed by atoms with Crippen molar-refractivity contribution in [3.05, 3.63) is 33.9 Å². The number of nitro groups is 1. The summed E-state index contributed by atoms with van der Waals surface area (Å²) in [5.74, 6) is -1.25. The van der Waals surface area contributed by atoms with Gasteiger partial charge in [0.25, 0.3) is 5.69 Å². The van der Waals surface area contributed by atoms with Crippen LogP contribution in [-0.4, -0.2) is 22.8 Å². The molecule has 0 spiro atoms. The average molecular weight is 266 g/mol. The van der Waals surface area contributed by atoms with Crippen LogP contribution in [0.1, 0.15) is 12.0 Å². The number of non-ortho nitro benzene ring substituents is 1. The molecule has 0 radical (unpaired) electrons. The molecule has 0 heterocycles. The fourth-order valence-electron chi connectivity index (χ4n) is 1.44. The number of hydrogen-bond donors (Lipinski definition) is 3. The second kappa shape index (κ2) is 5.91. The van der Waals surface area contributed by atoms with E-state index in [1.54, 1.807) is 6.92 Å². The zero-order valence-corrected chi connectivity index (χ0v) is 10.3. The minimum atomic E-state index is -1.05. The van der Waals surface area contributed by atoms with E-state index in [2.05, 4.69) is 5.32 Å². The third-order valence-electron chi connectivity index (χ3n) is 2.44. The topological polar surface area (TPSA) is 141 Å². The summed E-state index contributed by atoms with van der Waals surface area (Å²) >= 11 is 0. The van der Waals surface area contributed by atoms with Crippen LogP contribution < -0.4 is 16.8 Å². The Morgan fingerprint density at radius 2 is 2.11 bits per heavy atom. The van der Waals surface area contributed by atoms with Gasteiger partial charge in [-0.25, -0.2) is 0 Å². The predicted octanol–water partition coefficient (Wildman–Crippen LogP) is 0.0444. The second-order valence-corrected chi connectivity index (χ2v) is 4.02. The lowest BCUT2D eigenvalue weighted by Gasteiger charge is -2.12. The Hall–Kier alpha value is -2.48. The van der Waals surface area contributed by atoms with Gasteiger partial charge in [-0.1, -0.05) is 0 Å². The number of amides is 2. The van der Waals surface area contributed by atoms with Crippen molar-refractivity contribution in [2.75, 3.05) is 5.32 Å². The quantitative estimate of drug-likeness (QED) is 0.509. The van der Waals surface area contributed by atoms with Crippen LogP contribution in [0.3, 0.4) is 0 Å². The Kier molecular flexibility index (Phi) is 4.54. The van der Waals surface area contributed by atoms with E-state index in [1.165, 1.54) is 18.2 Å². The van der Waals surface area contributed by atoms with Gasteiger partial charge in [-0.2, -0.15) is 0 Å². The van der Waals surface area contributed by atoms with Crippen LogP contribution in [0.2, 0.25) is 0 Å². The van der Waals surface area contributed by atoms with Crippen molar-refractivity contribution in [1.29, 1.82) is 0 Å². The number of nitrogens with two attached hydrogens (primary N) is 2. The molecule has 2 amide bonds. The molecule has 5 N–H and O–H groups in total. The molecule has 1 aromatic rings. The molecule has 0 aliphatic carbocycles. The highest BCUT2D eigenvalue weighted by atomic mass is 16.6. The van der Waals surface area contributed by atoms with Gasteiger partial charge < -0.3 is 16.8 Å². The average Bonchev–Trinajstić information content (AvgIpc) is 2.30. The molecule has 1 unspecified atom stereocenters. The molecule has 1 atom stereocenters. The van der Waals surface area contributed by atoms with Gasteiger partial charge in [0.1, 0.15) is 0 Å². The van der Waals surface area contributed by atoms with E-state index >= 15 is 0 Å². The van der Waals surface area contributed by atoms with Crippen molar-refractivity contribution >= 4 is 23.2 Å². The predicted molar refractivity (Wildman–Crippen MR) is 68.2 cm³/mol. The zero-order chi connectivity index (χ0) is 14.6. The van der Waals surface area contributed by atoms with Crippen molar-refractivity contribution in [3.8, 4) is 0 Å². The summed E-state index contributed by atoms with van der Waals surface area (Å²) in [6.45, 7) is 1.61. The number of hydrogen-bond acceptors (Lipinski definition) is 5. The summed E-state index contributed by atoms with van der Waals surface area (Å²) in [6, 6.07) is 2.95. The largest absolute Gasteiger partial charge is 0.370 e. The van der Waals surface area contributed by atoms with Gasteiger partial charge in [0.2, 0.25) is 11.8 Å². The van der Waals surface area contributed by atoms with Crippen LogP contribution in [0, 0.1) is 17.0 Å². The molecule has 102 valence electrons. The molecule has 8 heteroatoms. The van der Waals surface area contributed by atoms with Gasteiger partial charge in [0.15, 0.2) is 0 Å². The standard InChI is InChI=1S/C11H14N4O4/c1-6-4-7(15(18)19)2-3-9(6)14-11(17)8(12)5-10(13)16/h2-4,8H,5,12H2,1H3,(H2,13,16)(H,14,17). The highest BCUT2D eigenvalue weighted by Crippen LogP contribution is 2.21. The van der Waals surface area contributed by atoms with Gasteiger partial charge in [0.05, 0.1) is 17.4 Å². The minimum Gasteiger partial charge on any atom is -0.370 e. The number of nitro benzene ring substituents is 1. The summed E-state index contributed by atoms with van der Waals surface area (Å²) in [6.07, 6.45) is -0.266. The minimum absolute atomic E-state index is 0.0723. The number of nitrogens with zero attached hydrogens (tertiary/aromatic N) is 1. The van der Waals surface area contributed by atoms with Gasteiger partial charge in [-0.05, 0) is 18.6 Å². The maximum atomic E-state index is 11.6. The number of carbonyl (C=O) groups excluding carboxylic acids is 2. The molecule has 8 nitrogen and oxygen atoms in total. The van der Waals surface area contributed by atoms with Crippen LogP contribution in [0.4, 0.5) is 11.4 Å². The molecule has 1 rings (SSSR count). The third-order valence-corrected chi connectivity index (χ3v) is 2.44. The first-order valence-electron chi connectivity index (χ1n) is 5.41. The maximum Gasteiger partial charge on any atom is 0.269 e. The highest BCUT2D eigenvalue weighted by molar-refractivity contribution is 5.97. The Bertz CT molecular complexity index is 529. The highest BCUT2D eigenvalue weighted by Gasteiger charge is 2.17. The smallest absolute Gasteiger partial charge is 0.269 e. The summed E-state index contributed by atoms with van der Waals surface area (Å²) in [5.41, 5.74) is 11.3. The van der Waals surface area contributed by atoms with Crippen LogP contribution in [0.5, 0.6) is 0 Å². The first kappa shape index (κ1) is 14.6. The molecule has 0 fully saturated rings. The number of aryl methyl sites for hydroxylation is 1. The van der Waals surface area contributed by atoms with Crippen LogP contribution in [-0.2, 0) is 9.59 Å². The Morgan fingerprint density at radius 3 is 2.58 bits per heavy atom. The van der Waals surface area contributed by atoms with Gasteiger partial charge in [-0.3, -0.25) is 19.7 Å². The summed E-state index contributed by atoms with van der Waals surface area (Å²) < 4.78 is 0. The Balaban J connectivity index is 2.80. The normalized spacial score (nSPS) is 11.7. The van der Waals surface area contributed by atoms with E-state index in [0.717, 1.165) is 0 Å². The first-order chi connectivity index (χ1) is 8.81. The third kappa shape index (κ3) is 4.03. The lowest BCUT2D eigenvalue weighted by Crippen LogP contribution is -2.39. The molecule has 0 aliphatic rings. The maximum absolute atomic E-state index is 11.6. The Labute approximate surface area is 108 Å². The molecule has 0 aliphatic heterocycles. The second-order valence-electron chi connectivity index (χ2n) is 4.02. The molecular weight excluding hydrogens is 252 g/mol. The Morgan fingerprint density at radius 1 is 1.47 bits per heavy atom. The summed E-state index contributed by atoms with van der Waals surface area (Å²) in [5, 5.41) is 13.1. The molecule has 0 aromatic heterocycles. The molecule has 0 saturated heterocycles. The molecule has 19 heavy (non-hydrogen) atoms. The van der Waals surface area contributed by atoms with E-state index in [1.807, 2.05) is 0 Å². The van der Waals surface area contributed by atoms with Crippen LogP contribution >= 0.6 is 0 Å². The number of primary amides is 1. The number of benzene rings is 1. The van der Waals surface area contributed by atoms with Crippen LogP contribution in [0.15, 0.2) is 18.2 Å². The monoisotopic (exact) mass is 266 g/mol. The SMILES string of the molecule is Cc1cc([N+](=O)[O-])ccc1NC(=O)C(N)CC(N)=O. The van der Waals surface area contributed by atoms with E-state index in [4.69, 9.17) is 11.5 Å². The van der Waals surface area contributed by atoms with Gasteiger partial charge >= 0.3 is 0 Å². The summed E-state index contributed by atoms with van der Waals surface area (Å²) in [4.78, 5) is 32.3. The van der Waals surface area contributed by atoms with E-state index in [9.17, 15) is 19.7 Å². The molecular formula is C11H14N4O4. The van der Waals surface area contributed by atoms with Crippen molar-refractivity contribution in [2.45, 2.75) is 19.4 Å². The van der Waals surface area contributed by atoms with Crippen molar-refractivity contribution in [2.24, 2.45) is 11.5 Å². The van der Waals surface area contributed by atoms with Crippen molar-refractivity contribution in [3.63, 3.8) is 0 Å². The number of carbonyl (C=O) groups is 2. The van der Waals surface area contributed by atoms with Crippen molar-refractivity contribution < 1.29 is 14.5 Å². The molecule has 0 saturated carbocycles. The first-order valence-corrected chi connectivity index (χ1v) is 5.41. The number of anilines is 1.